The highest BCUT2D eigenvalue weighted by molar-refractivity contribution is 6.30. The molecule has 1 nitrogen and oxygen atoms in total. The van der Waals surface area contributed by atoms with Crippen molar-refractivity contribution in [1.29, 1.82) is 0 Å². The van der Waals surface area contributed by atoms with E-state index >= 15 is 0 Å². The van der Waals surface area contributed by atoms with Gasteiger partial charge in [0.25, 0.3) is 5.92 Å². The predicted octanol–water partition coefficient (Wildman–Crippen LogP) is 2.81. The van der Waals surface area contributed by atoms with Crippen LogP contribution in [0, 0.1) is 0 Å². The Bertz CT molecular complexity index is 282. The summed E-state index contributed by atoms with van der Waals surface area (Å²) in [5, 5.41) is 9.21. The summed E-state index contributed by atoms with van der Waals surface area (Å²) in [6.45, 7) is 1.05. The molecular formula is C9H9ClF2O. The number of aliphatic hydroxyl groups is 1. The molecule has 4 heteroatoms. The smallest absolute Gasteiger partial charge is 0.298 e. The van der Waals surface area contributed by atoms with Crippen molar-refractivity contribution in [1.82, 2.24) is 0 Å². The minimum Gasteiger partial charge on any atom is -0.387 e. The van der Waals surface area contributed by atoms with E-state index in [0.29, 0.717) is 5.02 Å². The fourth-order valence-corrected chi connectivity index (χ4v) is 1.04. The van der Waals surface area contributed by atoms with E-state index < -0.39 is 12.0 Å². The molecule has 0 heterocycles. The predicted molar refractivity (Wildman–Crippen MR) is 47.0 cm³/mol. The maximum absolute atomic E-state index is 13.1. The van der Waals surface area contributed by atoms with Crippen molar-refractivity contribution in [2.24, 2.45) is 0 Å². The van der Waals surface area contributed by atoms with Crippen LogP contribution in [0.15, 0.2) is 24.3 Å². The molecule has 1 rings (SSSR count). The van der Waals surface area contributed by atoms with Gasteiger partial charge >= 0.3 is 0 Å². The summed E-state index contributed by atoms with van der Waals surface area (Å²) >= 11 is 5.53. The van der Waals surface area contributed by atoms with E-state index in [-0.39, 0.29) is 5.56 Å². The van der Waals surface area contributed by atoms with Crippen molar-refractivity contribution >= 4 is 11.6 Å². The number of alkyl halides is 2. The number of aliphatic hydroxyl groups excluding tert-OH is 1. The van der Waals surface area contributed by atoms with Crippen LogP contribution in [0.2, 0.25) is 5.02 Å². The van der Waals surface area contributed by atoms with E-state index in [1.54, 1.807) is 0 Å². The van der Waals surface area contributed by atoms with Crippen molar-refractivity contribution in [3.05, 3.63) is 34.9 Å². The second-order valence-corrected chi connectivity index (χ2v) is 3.24. The molecular weight excluding hydrogens is 198 g/mol. The third-order valence-corrected chi connectivity index (χ3v) is 2.01. The second kappa shape index (κ2) is 3.60. The molecule has 1 unspecified atom stereocenters. The molecule has 0 aliphatic carbocycles. The molecule has 0 aromatic heterocycles. The highest BCUT2D eigenvalue weighted by atomic mass is 35.5. The lowest BCUT2D eigenvalue weighted by atomic mass is 10.0. The summed E-state index contributed by atoms with van der Waals surface area (Å²) in [5.74, 6) is -3.22. The lowest BCUT2D eigenvalue weighted by molar-refractivity contribution is -0.106. The lowest BCUT2D eigenvalue weighted by Gasteiger charge is -2.19. The first-order valence-electron chi connectivity index (χ1n) is 3.76. The zero-order chi connectivity index (χ0) is 10.1. The Labute approximate surface area is 80.0 Å². The fraction of sp³-hybridized carbons (Fsp3) is 0.333. The summed E-state index contributed by atoms with van der Waals surface area (Å²) in [4.78, 5) is 0. The van der Waals surface area contributed by atoms with Crippen LogP contribution in [0.25, 0.3) is 0 Å². The molecule has 1 aromatic carbocycles. The molecule has 0 aliphatic heterocycles. The molecule has 0 bridgehead atoms. The molecule has 13 heavy (non-hydrogen) atoms. The van der Waals surface area contributed by atoms with Gasteiger partial charge < -0.3 is 5.11 Å². The first-order chi connectivity index (χ1) is 5.94. The average molecular weight is 207 g/mol. The maximum Gasteiger partial charge on any atom is 0.298 e. The standard InChI is InChI=1S/C9H9ClF2O/c1-6(13)9(11,12)7-2-4-8(10)5-3-7/h2-6,13H,1H3. The number of hydrogen-bond acceptors (Lipinski definition) is 1. The molecule has 72 valence electrons. The summed E-state index contributed by atoms with van der Waals surface area (Å²) in [5.41, 5.74) is -0.230. The molecule has 1 atom stereocenters. The van der Waals surface area contributed by atoms with E-state index in [1.807, 2.05) is 0 Å². The van der Waals surface area contributed by atoms with Gasteiger partial charge in [-0.05, 0) is 19.1 Å². The number of rotatable bonds is 2. The van der Waals surface area contributed by atoms with E-state index in [1.165, 1.54) is 24.3 Å². The van der Waals surface area contributed by atoms with Gasteiger partial charge in [0.15, 0.2) is 0 Å². The zero-order valence-corrected chi connectivity index (χ0v) is 7.72. The monoisotopic (exact) mass is 206 g/mol. The minimum atomic E-state index is -3.22. The number of halogens is 3. The molecule has 0 amide bonds. The first-order valence-corrected chi connectivity index (χ1v) is 4.14. The van der Waals surface area contributed by atoms with Crippen molar-refractivity contribution in [2.45, 2.75) is 19.0 Å². The van der Waals surface area contributed by atoms with Gasteiger partial charge in [0.05, 0.1) is 0 Å². The second-order valence-electron chi connectivity index (χ2n) is 2.81. The van der Waals surface area contributed by atoms with Gasteiger partial charge in [-0.25, -0.2) is 0 Å². The highest BCUT2D eigenvalue weighted by Gasteiger charge is 2.37. The van der Waals surface area contributed by atoms with Crippen LogP contribution in [-0.2, 0) is 5.92 Å². The van der Waals surface area contributed by atoms with Crippen LogP contribution in [0.1, 0.15) is 12.5 Å². The van der Waals surface area contributed by atoms with Crippen LogP contribution >= 0.6 is 11.6 Å². The van der Waals surface area contributed by atoms with E-state index in [2.05, 4.69) is 0 Å². The SMILES string of the molecule is CC(O)C(F)(F)c1ccc(Cl)cc1. The number of hydrogen-bond donors (Lipinski definition) is 1. The maximum atomic E-state index is 13.1. The average Bonchev–Trinajstić information content (AvgIpc) is 2.04. The van der Waals surface area contributed by atoms with Crippen LogP contribution in [0.4, 0.5) is 8.78 Å². The van der Waals surface area contributed by atoms with Gasteiger partial charge in [0.1, 0.15) is 6.10 Å². The third kappa shape index (κ3) is 2.17. The fourth-order valence-electron chi connectivity index (χ4n) is 0.913. The Balaban J connectivity index is 3.01. The van der Waals surface area contributed by atoms with Gasteiger partial charge in [-0.2, -0.15) is 8.78 Å². The molecule has 0 aliphatic rings. The van der Waals surface area contributed by atoms with Gasteiger partial charge in [0.2, 0.25) is 0 Å². The van der Waals surface area contributed by atoms with Gasteiger partial charge in [-0.1, -0.05) is 23.7 Å². The van der Waals surface area contributed by atoms with Crippen molar-refractivity contribution in [3.8, 4) is 0 Å². The van der Waals surface area contributed by atoms with E-state index in [0.717, 1.165) is 6.92 Å². The lowest BCUT2D eigenvalue weighted by Crippen LogP contribution is -2.27. The Morgan fingerprint density at radius 2 is 1.77 bits per heavy atom. The third-order valence-electron chi connectivity index (χ3n) is 1.75. The van der Waals surface area contributed by atoms with Gasteiger partial charge in [-0.3, -0.25) is 0 Å². The number of benzene rings is 1. The van der Waals surface area contributed by atoms with E-state index in [4.69, 9.17) is 16.7 Å². The molecule has 1 aromatic rings. The largest absolute Gasteiger partial charge is 0.387 e. The highest BCUT2D eigenvalue weighted by Crippen LogP contribution is 2.31. The van der Waals surface area contributed by atoms with Crippen LogP contribution in [0.3, 0.4) is 0 Å². The molecule has 0 saturated carbocycles. The van der Waals surface area contributed by atoms with E-state index in [9.17, 15) is 8.78 Å². The summed E-state index contributed by atoms with van der Waals surface area (Å²) in [7, 11) is 0. The van der Waals surface area contributed by atoms with Crippen molar-refractivity contribution in [2.75, 3.05) is 0 Å². The van der Waals surface area contributed by atoms with Crippen LogP contribution < -0.4 is 0 Å². The first kappa shape index (κ1) is 10.4. The molecule has 1 N–H and O–H groups in total. The summed E-state index contributed by atoms with van der Waals surface area (Å²) in [6.07, 6.45) is -1.70. The quantitative estimate of drug-likeness (QED) is 0.789. The molecule has 0 spiro atoms. The zero-order valence-electron chi connectivity index (χ0n) is 6.97. The molecule has 0 fully saturated rings. The topological polar surface area (TPSA) is 20.2 Å². The minimum absolute atomic E-state index is 0.230. The molecule has 0 saturated heterocycles. The van der Waals surface area contributed by atoms with Crippen LogP contribution in [-0.4, -0.2) is 11.2 Å². The Morgan fingerprint density at radius 3 is 2.15 bits per heavy atom. The normalized spacial score (nSPS) is 14.2. The van der Waals surface area contributed by atoms with Crippen molar-refractivity contribution < 1.29 is 13.9 Å². The Hall–Kier alpha value is -0.670. The summed E-state index contributed by atoms with van der Waals surface area (Å²) in [6, 6.07) is 5.14. The summed E-state index contributed by atoms with van der Waals surface area (Å²) < 4.78 is 26.2. The Kier molecular flexibility index (Phi) is 2.88. The van der Waals surface area contributed by atoms with Crippen molar-refractivity contribution in [3.63, 3.8) is 0 Å². The molecule has 0 radical (unpaired) electrons. The Morgan fingerprint density at radius 1 is 1.31 bits per heavy atom. The van der Waals surface area contributed by atoms with Gasteiger partial charge in [-0.15, -0.1) is 0 Å². The van der Waals surface area contributed by atoms with Crippen LogP contribution in [0.5, 0.6) is 0 Å². The van der Waals surface area contributed by atoms with Gasteiger partial charge in [0, 0.05) is 10.6 Å².